The maximum absolute atomic E-state index is 13.6. The predicted octanol–water partition coefficient (Wildman–Crippen LogP) is 3.59. The fraction of sp³-hybridized carbons (Fsp3) is 0.591. The van der Waals surface area contributed by atoms with Crippen LogP contribution in [0, 0.1) is 5.82 Å². The van der Waals surface area contributed by atoms with Gasteiger partial charge in [-0.15, -0.1) is 34.2 Å². The lowest BCUT2D eigenvalue weighted by Crippen LogP contribution is -2.39. The molecule has 2 aromatic rings. The zero-order valence-corrected chi connectivity index (χ0v) is 20.0. The van der Waals surface area contributed by atoms with Gasteiger partial charge in [0, 0.05) is 37.9 Å². The Morgan fingerprint density at radius 3 is 2.83 bits per heavy atom. The number of hydrogen-bond acceptors (Lipinski definition) is 3. The number of aromatic nitrogens is 3. The van der Waals surface area contributed by atoms with Crippen LogP contribution in [0.5, 0.6) is 0 Å². The van der Waals surface area contributed by atoms with E-state index in [2.05, 4.69) is 32.3 Å². The largest absolute Gasteiger partial charge is 0.357 e. The average molecular weight is 526 g/mol. The predicted molar refractivity (Wildman–Crippen MR) is 128 cm³/mol. The molecule has 0 spiro atoms. The summed E-state index contributed by atoms with van der Waals surface area (Å²) in [6, 6.07) is 6.96. The van der Waals surface area contributed by atoms with Gasteiger partial charge < -0.3 is 15.2 Å². The molecule has 1 saturated carbocycles. The molecule has 6 nitrogen and oxygen atoms in total. The molecule has 30 heavy (non-hydrogen) atoms. The van der Waals surface area contributed by atoms with Crippen molar-refractivity contribution < 1.29 is 4.39 Å². The Morgan fingerprint density at radius 1 is 1.20 bits per heavy atom. The van der Waals surface area contributed by atoms with Crippen molar-refractivity contribution in [3.8, 4) is 0 Å². The topological polar surface area (TPSA) is 67.1 Å². The number of aliphatic imine (C=N–C) groups is 1. The normalized spacial score (nSPS) is 17.5. The van der Waals surface area contributed by atoms with Crippen LogP contribution in [-0.2, 0) is 24.8 Å². The van der Waals surface area contributed by atoms with E-state index in [1.807, 2.05) is 6.07 Å². The number of fused-ring (bicyclic) bond motifs is 1. The number of halogens is 2. The third-order valence-corrected chi connectivity index (χ3v) is 6.00. The van der Waals surface area contributed by atoms with Crippen LogP contribution in [-0.4, -0.2) is 40.4 Å². The monoisotopic (exact) mass is 526 g/mol. The summed E-state index contributed by atoms with van der Waals surface area (Å²) in [5, 5.41) is 15.5. The summed E-state index contributed by atoms with van der Waals surface area (Å²) in [5.41, 5.74) is 1.05. The molecule has 164 valence electrons. The number of nitrogens with one attached hydrogen (secondary N) is 2. The van der Waals surface area contributed by atoms with Gasteiger partial charge in [0.25, 0.3) is 0 Å². The summed E-state index contributed by atoms with van der Waals surface area (Å²) >= 11 is 0. The van der Waals surface area contributed by atoms with Crippen LogP contribution in [0.2, 0.25) is 0 Å². The molecule has 1 aliphatic carbocycles. The Bertz CT molecular complexity index is 861. The van der Waals surface area contributed by atoms with Crippen LogP contribution in [0.3, 0.4) is 0 Å². The van der Waals surface area contributed by atoms with Gasteiger partial charge in [0.05, 0.1) is 6.54 Å². The first-order chi connectivity index (χ1) is 14.2. The average Bonchev–Trinajstić information content (AvgIpc) is 3.48. The van der Waals surface area contributed by atoms with E-state index < -0.39 is 0 Å². The lowest BCUT2D eigenvalue weighted by atomic mass is 9.96. The van der Waals surface area contributed by atoms with Crippen molar-refractivity contribution >= 4 is 29.9 Å². The zero-order chi connectivity index (χ0) is 20.1. The highest BCUT2D eigenvalue weighted by atomic mass is 127. The Hall–Kier alpha value is -1.71. The van der Waals surface area contributed by atoms with E-state index in [1.165, 1.54) is 25.3 Å². The van der Waals surface area contributed by atoms with Gasteiger partial charge >= 0.3 is 0 Å². The molecule has 2 aliphatic rings. The SMILES string of the molecule is CCNC(=NCC1(c2cccc(F)c2)CC1)NCCc1nnc2n1CCCCC2.I. The second-order valence-corrected chi connectivity index (χ2v) is 8.16. The van der Waals surface area contributed by atoms with E-state index in [1.54, 1.807) is 12.1 Å². The van der Waals surface area contributed by atoms with Crippen LogP contribution in [0.4, 0.5) is 4.39 Å². The molecule has 1 aromatic heterocycles. The van der Waals surface area contributed by atoms with Crippen molar-refractivity contribution in [3.05, 3.63) is 47.3 Å². The molecule has 2 heterocycles. The van der Waals surface area contributed by atoms with Gasteiger partial charge in [-0.05, 0) is 50.3 Å². The van der Waals surface area contributed by atoms with Crippen molar-refractivity contribution in [1.29, 1.82) is 0 Å². The van der Waals surface area contributed by atoms with Crippen molar-refractivity contribution in [2.24, 2.45) is 4.99 Å². The molecule has 4 rings (SSSR count). The van der Waals surface area contributed by atoms with Crippen LogP contribution in [0.1, 0.15) is 56.2 Å². The third kappa shape index (κ3) is 5.50. The second-order valence-electron chi connectivity index (χ2n) is 8.16. The van der Waals surface area contributed by atoms with Gasteiger partial charge in [0.1, 0.15) is 17.5 Å². The van der Waals surface area contributed by atoms with E-state index in [4.69, 9.17) is 4.99 Å². The number of benzene rings is 1. The van der Waals surface area contributed by atoms with Crippen molar-refractivity contribution in [1.82, 2.24) is 25.4 Å². The van der Waals surface area contributed by atoms with Gasteiger partial charge in [0.2, 0.25) is 0 Å². The lowest BCUT2D eigenvalue weighted by Gasteiger charge is -2.16. The molecule has 1 fully saturated rings. The Balaban J connectivity index is 0.00000256. The summed E-state index contributed by atoms with van der Waals surface area (Å²) in [7, 11) is 0. The summed E-state index contributed by atoms with van der Waals surface area (Å²) < 4.78 is 15.9. The molecule has 0 amide bonds. The maximum Gasteiger partial charge on any atom is 0.191 e. The Morgan fingerprint density at radius 2 is 2.07 bits per heavy atom. The highest BCUT2D eigenvalue weighted by molar-refractivity contribution is 14.0. The first-order valence-electron chi connectivity index (χ1n) is 10.9. The minimum absolute atomic E-state index is 0. The highest BCUT2D eigenvalue weighted by Gasteiger charge is 2.44. The molecule has 8 heteroatoms. The van der Waals surface area contributed by atoms with Gasteiger partial charge in [-0.2, -0.15) is 0 Å². The molecule has 2 N–H and O–H groups in total. The number of aryl methyl sites for hydroxylation is 1. The number of hydrogen-bond donors (Lipinski definition) is 2. The second kappa shape index (κ2) is 10.5. The molecule has 0 radical (unpaired) electrons. The lowest BCUT2D eigenvalue weighted by molar-refractivity contribution is 0.599. The summed E-state index contributed by atoms with van der Waals surface area (Å²) in [6.45, 7) is 5.33. The molecule has 0 saturated heterocycles. The molecule has 0 atom stereocenters. The number of nitrogens with zero attached hydrogens (tertiary/aromatic N) is 4. The molecule has 0 bridgehead atoms. The molecule has 0 unspecified atom stereocenters. The standard InChI is InChI=1S/C22H31FN6.HI/c1-2-24-21(26-16-22(11-12-22)17-7-6-8-18(23)15-17)25-13-10-20-28-27-19-9-4-3-5-14-29(19)20;/h6-8,15H,2-5,9-14,16H2,1H3,(H2,24,25,26);1H. The van der Waals surface area contributed by atoms with E-state index in [-0.39, 0.29) is 35.2 Å². The quantitative estimate of drug-likeness (QED) is 0.329. The van der Waals surface area contributed by atoms with E-state index in [0.29, 0.717) is 6.54 Å². The summed E-state index contributed by atoms with van der Waals surface area (Å²) in [6.07, 6.45) is 7.67. The number of guanidine groups is 1. The summed E-state index contributed by atoms with van der Waals surface area (Å²) in [4.78, 5) is 4.80. The molecule has 1 aliphatic heterocycles. The maximum atomic E-state index is 13.6. The first-order valence-corrected chi connectivity index (χ1v) is 10.9. The fourth-order valence-electron chi connectivity index (χ4n) is 4.10. The summed E-state index contributed by atoms with van der Waals surface area (Å²) in [5.74, 6) is 2.83. The minimum Gasteiger partial charge on any atom is -0.357 e. The number of rotatable bonds is 7. The van der Waals surface area contributed by atoms with Crippen molar-refractivity contribution in [3.63, 3.8) is 0 Å². The minimum atomic E-state index is -0.171. The molecule has 1 aromatic carbocycles. The van der Waals surface area contributed by atoms with Crippen LogP contribution in [0.15, 0.2) is 29.3 Å². The molecular weight excluding hydrogens is 494 g/mol. The van der Waals surface area contributed by atoms with Gasteiger partial charge in [0.15, 0.2) is 5.96 Å². The van der Waals surface area contributed by atoms with Crippen LogP contribution >= 0.6 is 24.0 Å². The smallest absolute Gasteiger partial charge is 0.191 e. The molecular formula is C22H32FIN6. The van der Waals surface area contributed by atoms with E-state index in [0.717, 1.165) is 68.5 Å². The fourth-order valence-corrected chi connectivity index (χ4v) is 4.10. The third-order valence-electron chi connectivity index (χ3n) is 6.00. The Labute approximate surface area is 195 Å². The highest BCUT2D eigenvalue weighted by Crippen LogP contribution is 2.48. The van der Waals surface area contributed by atoms with E-state index in [9.17, 15) is 4.39 Å². The van der Waals surface area contributed by atoms with Crippen molar-refractivity contribution in [2.45, 2.75) is 63.8 Å². The van der Waals surface area contributed by atoms with Gasteiger partial charge in [-0.1, -0.05) is 18.6 Å². The van der Waals surface area contributed by atoms with Gasteiger partial charge in [-0.25, -0.2) is 4.39 Å². The van der Waals surface area contributed by atoms with Crippen LogP contribution in [0.25, 0.3) is 0 Å². The first kappa shape index (κ1) is 23.0. The van der Waals surface area contributed by atoms with Crippen molar-refractivity contribution in [2.75, 3.05) is 19.6 Å². The Kier molecular flexibility index (Phi) is 8.07. The van der Waals surface area contributed by atoms with E-state index >= 15 is 0 Å². The van der Waals surface area contributed by atoms with Gasteiger partial charge in [-0.3, -0.25) is 4.99 Å². The zero-order valence-electron chi connectivity index (χ0n) is 17.7. The van der Waals surface area contributed by atoms with Crippen LogP contribution < -0.4 is 10.6 Å².